The molecule has 0 fully saturated rings. The minimum Gasteiger partial charge on any atom is -0.347 e. The summed E-state index contributed by atoms with van der Waals surface area (Å²) >= 11 is 0. The van der Waals surface area contributed by atoms with Crippen molar-refractivity contribution < 1.29 is 4.79 Å². The molecule has 1 atom stereocenters. The Morgan fingerprint density at radius 3 is 2.71 bits per heavy atom. The third kappa shape index (κ3) is 2.24. The van der Waals surface area contributed by atoms with Crippen molar-refractivity contribution in [3.05, 3.63) is 45.7 Å². The summed E-state index contributed by atoms with van der Waals surface area (Å²) in [5.41, 5.74) is 1.83. The molecule has 2 heterocycles. The van der Waals surface area contributed by atoms with Gasteiger partial charge < -0.3 is 9.88 Å². The maximum Gasteiger partial charge on any atom is 0.257 e. The van der Waals surface area contributed by atoms with Gasteiger partial charge in [0.15, 0.2) is 0 Å². The Balaban J connectivity index is 2.22. The number of aromatic nitrogens is 1. The van der Waals surface area contributed by atoms with Crippen LogP contribution in [0.25, 0.3) is 10.9 Å². The van der Waals surface area contributed by atoms with E-state index < -0.39 is 0 Å². The van der Waals surface area contributed by atoms with E-state index in [2.05, 4.69) is 22.9 Å². The monoisotopic (exact) mass is 284 g/mol. The molecule has 0 bridgehead atoms. The summed E-state index contributed by atoms with van der Waals surface area (Å²) in [6.07, 6.45) is 2.62. The fourth-order valence-corrected chi connectivity index (χ4v) is 2.99. The SMILES string of the molecule is C[C@H]1Cc2cccc3c(=O)c(C(=O)NC(C)(C)C)cn1c23. The Labute approximate surface area is 123 Å². The maximum absolute atomic E-state index is 12.6. The molecule has 0 unspecified atom stereocenters. The molecule has 1 N–H and O–H groups in total. The lowest BCUT2D eigenvalue weighted by molar-refractivity contribution is 0.0918. The molecule has 1 aliphatic rings. The number of carbonyl (C=O) groups excluding carboxylic acids is 1. The molecule has 3 rings (SSSR count). The number of nitrogens with one attached hydrogen (secondary N) is 1. The smallest absolute Gasteiger partial charge is 0.257 e. The minimum atomic E-state index is -0.364. The molecule has 110 valence electrons. The lowest BCUT2D eigenvalue weighted by atomic mass is 10.1. The molecule has 1 aliphatic heterocycles. The van der Waals surface area contributed by atoms with Crippen LogP contribution in [-0.2, 0) is 6.42 Å². The predicted octanol–water partition coefficient (Wildman–Crippen LogP) is 2.65. The average molecular weight is 284 g/mol. The van der Waals surface area contributed by atoms with Crippen molar-refractivity contribution in [3.63, 3.8) is 0 Å². The standard InChI is InChI=1S/C17H20N2O2/c1-10-8-11-6-5-7-12-14(11)19(10)9-13(15(12)20)16(21)18-17(2,3)4/h5-7,9-10H,8H2,1-4H3,(H,18,21)/t10-/m0/s1. The third-order valence-electron chi connectivity index (χ3n) is 3.86. The number of pyridine rings is 1. The zero-order valence-electron chi connectivity index (χ0n) is 12.9. The molecule has 0 saturated carbocycles. The summed E-state index contributed by atoms with van der Waals surface area (Å²) in [6, 6.07) is 6.03. The third-order valence-corrected chi connectivity index (χ3v) is 3.86. The molecule has 0 saturated heterocycles. The quantitative estimate of drug-likeness (QED) is 0.875. The summed E-state index contributed by atoms with van der Waals surface area (Å²) in [7, 11) is 0. The van der Waals surface area contributed by atoms with E-state index in [0.717, 1.165) is 11.9 Å². The van der Waals surface area contributed by atoms with Gasteiger partial charge in [0.1, 0.15) is 5.56 Å². The van der Waals surface area contributed by atoms with E-state index in [1.807, 2.05) is 32.9 Å². The van der Waals surface area contributed by atoms with Gasteiger partial charge in [0.2, 0.25) is 5.43 Å². The summed E-state index contributed by atoms with van der Waals surface area (Å²) in [5, 5.41) is 3.51. The van der Waals surface area contributed by atoms with Gasteiger partial charge >= 0.3 is 0 Å². The van der Waals surface area contributed by atoms with Gasteiger partial charge in [-0.15, -0.1) is 0 Å². The normalized spacial score (nSPS) is 17.2. The molecule has 2 aromatic rings. The first kappa shape index (κ1) is 13.9. The van der Waals surface area contributed by atoms with Crippen LogP contribution < -0.4 is 10.7 Å². The van der Waals surface area contributed by atoms with Crippen LogP contribution in [0.2, 0.25) is 0 Å². The van der Waals surface area contributed by atoms with Crippen molar-refractivity contribution in [1.29, 1.82) is 0 Å². The summed E-state index contributed by atoms with van der Waals surface area (Å²) in [6.45, 7) is 7.82. The van der Waals surface area contributed by atoms with Crippen LogP contribution in [0.4, 0.5) is 0 Å². The van der Waals surface area contributed by atoms with E-state index in [0.29, 0.717) is 5.39 Å². The molecule has 0 radical (unpaired) electrons. The first-order valence-corrected chi connectivity index (χ1v) is 7.27. The number of carbonyl (C=O) groups is 1. The van der Waals surface area contributed by atoms with E-state index in [-0.39, 0.29) is 28.5 Å². The lowest BCUT2D eigenvalue weighted by Gasteiger charge is -2.21. The highest BCUT2D eigenvalue weighted by atomic mass is 16.2. The first-order valence-electron chi connectivity index (χ1n) is 7.27. The second-order valence-corrected chi connectivity index (χ2v) is 6.85. The Kier molecular flexibility index (Phi) is 2.94. The number of nitrogens with zero attached hydrogens (tertiary/aromatic N) is 1. The molecule has 21 heavy (non-hydrogen) atoms. The van der Waals surface area contributed by atoms with Gasteiger partial charge in [0.25, 0.3) is 5.91 Å². The average Bonchev–Trinajstić information content (AvgIpc) is 2.68. The molecular weight excluding hydrogens is 264 g/mol. The maximum atomic E-state index is 12.6. The summed E-state index contributed by atoms with van der Waals surface area (Å²) < 4.78 is 2.06. The molecule has 4 heteroatoms. The number of benzene rings is 1. The van der Waals surface area contributed by atoms with Gasteiger partial charge in [-0.25, -0.2) is 0 Å². The number of rotatable bonds is 1. The summed E-state index contributed by atoms with van der Waals surface area (Å²) in [4.78, 5) is 25.0. The summed E-state index contributed by atoms with van der Waals surface area (Å²) in [5.74, 6) is -0.303. The second kappa shape index (κ2) is 4.45. The van der Waals surface area contributed by atoms with Crippen LogP contribution in [0.15, 0.2) is 29.2 Å². The first-order chi connectivity index (χ1) is 9.78. The van der Waals surface area contributed by atoms with Crippen LogP contribution in [0.5, 0.6) is 0 Å². The van der Waals surface area contributed by atoms with E-state index in [4.69, 9.17) is 0 Å². The molecule has 4 nitrogen and oxygen atoms in total. The predicted molar refractivity (Wildman–Crippen MR) is 83.8 cm³/mol. The molecule has 0 spiro atoms. The van der Waals surface area contributed by atoms with E-state index >= 15 is 0 Å². The zero-order chi connectivity index (χ0) is 15.4. The van der Waals surface area contributed by atoms with Crippen molar-refractivity contribution in [2.24, 2.45) is 0 Å². The molecule has 1 aromatic carbocycles. The highest BCUT2D eigenvalue weighted by Crippen LogP contribution is 2.30. The molecule has 0 aliphatic carbocycles. The molecular formula is C17H20N2O2. The minimum absolute atomic E-state index is 0.182. The van der Waals surface area contributed by atoms with Gasteiger partial charge in [0, 0.05) is 23.2 Å². The number of amides is 1. The van der Waals surface area contributed by atoms with E-state index in [1.54, 1.807) is 6.20 Å². The lowest BCUT2D eigenvalue weighted by Crippen LogP contribution is -2.42. The van der Waals surface area contributed by atoms with E-state index in [1.165, 1.54) is 5.56 Å². The van der Waals surface area contributed by atoms with Crippen LogP contribution in [-0.4, -0.2) is 16.0 Å². The molecule has 1 amide bonds. The van der Waals surface area contributed by atoms with Crippen LogP contribution >= 0.6 is 0 Å². The van der Waals surface area contributed by atoms with E-state index in [9.17, 15) is 9.59 Å². The number of hydrogen-bond acceptors (Lipinski definition) is 2. The zero-order valence-corrected chi connectivity index (χ0v) is 12.9. The van der Waals surface area contributed by atoms with Crippen molar-refractivity contribution >= 4 is 16.8 Å². The molecule has 1 aromatic heterocycles. The van der Waals surface area contributed by atoms with Crippen molar-refractivity contribution in [2.75, 3.05) is 0 Å². The largest absolute Gasteiger partial charge is 0.347 e. The fraction of sp³-hybridized carbons (Fsp3) is 0.412. The fourth-order valence-electron chi connectivity index (χ4n) is 2.99. The van der Waals surface area contributed by atoms with Gasteiger partial charge in [-0.1, -0.05) is 12.1 Å². The number of hydrogen-bond donors (Lipinski definition) is 1. The van der Waals surface area contributed by atoms with Crippen LogP contribution in [0, 0.1) is 0 Å². The van der Waals surface area contributed by atoms with Gasteiger partial charge in [-0.05, 0) is 45.7 Å². The van der Waals surface area contributed by atoms with Crippen molar-refractivity contribution in [1.82, 2.24) is 9.88 Å². The highest BCUT2D eigenvalue weighted by Gasteiger charge is 2.25. The van der Waals surface area contributed by atoms with Crippen molar-refractivity contribution in [2.45, 2.75) is 45.7 Å². The van der Waals surface area contributed by atoms with Gasteiger partial charge in [0.05, 0.1) is 5.52 Å². The van der Waals surface area contributed by atoms with Gasteiger partial charge in [-0.3, -0.25) is 9.59 Å². The number of para-hydroxylation sites is 1. The Hall–Kier alpha value is -2.10. The Morgan fingerprint density at radius 1 is 1.33 bits per heavy atom. The van der Waals surface area contributed by atoms with Crippen LogP contribution in [0.3, 0.4) is 0 Å². The van der Waals surface area contributed by atoms with Gasteiger partial charge in [-0.2, -0.15) is 0 Å². The topological polar surface area (TPSA) is 51.1 Å². The van der Waals surface area contributed by atoms with Crippen molar-refractivity contribution in [3.8, 4) is 0 Å². The van der Waals surface area contributed by atoms with Crippen LogP contribution in [0.1, 0.15) is 49.7 Å². The Bertz CT molecular complexity index is 797. The second-order valence-electron chi connectivity index (χ2n) is 6.85. The Morgan fingerprint density at radius 2 is 2.05 bits per heavy atom. The highest BCUT2D eigenvalue weighted by molar-refractivity contribution is 5.98.